The molecule has 0 aliphatic heterocycles. The first-order valence-corrected chi connectivity index (χ1v) is 8.79. The first-order chi connectivity index (χ1) is 13.0. The van der Waals surface area contributed by atoms with Gasteiger partial charge < -0.3 is 10.1 Å². The van der Waals surface area contributed by atoms with Crippen molar-refractivity contribution in [2.24, 2.45) is 0 Å². The standard InChI is InChI=1S/C22H18ClNO3/c1-15(25)17-5-4-6-19(13-17)24-22(26)20-7-2-3-8-21(20)27-14-16-9-11-18(23)12-10-16/h2-13H,14H2,1H3,(H,24,26). The number of nitrogens with one attached hydrogen (secondary N) is 1. The van der Waals surface area contributed by atoms with Gasteiger partial charge in [-0.25, -0.2) is 0 Å². The van der Waals surface area contributed by atoms with Crippen LogP contribution in [0.2, 0.25) is 5.02 Å². The molecule has 0 heterocycles. The minimum absolute atomic E-state index is 0.0576. The molecule has 0 bridgehead atoms. The Morgan fingerprint density at radius 3 is 2.44 bits per heavy atom. The van der Waals surface area contributed by atoms with Crippen molar-refractivity contribution in [3.63, 3.8) is 0 Å². The Kier molecular flexibility index (Phi) is 5.89. The topological polar surface area (TPSA) is 55.4 Å². The maximum Gasteiger partial charge on any atom is 0.259 e. The number of ketones is 1. The summed E-state index contributed by atoms with van der Waals surface area (Å²) in [5.41, 5.74) is 2.46. The quantitative estimate of drug-likeness (QED) is 0.585. The maximum absolute atomic E-state index is 12.7. The normalized spacial score (nSPS) is 10.3. The Bertz CT molecular complexity index is 967. The molecule has 0 spiro atoms. The fraction of sp³-hybridized carbons (Fsp3) is 0.0909. The third-order valence-corrected chi connectivity index (χ3v) is 4.22. The molecule has 3 aromatic rings. The van der Waals surface area contributed by atoms with Crippen LogP contribution in [0.3, 0.4) is 0 Å². The molecule has 4 nitrogen and oxygen atoms in total. The van der Waals surface area contributed by atoms with Gasteiger partial charge in [-0.1, -0.05) is 48.0 Å². The SMILES string of the molecule is CC(=O)c1cccc(NC(=O)c2ccccc2OCc2ccc(Cl)cc2)c1. The van der Waals surface area contributed by atoms with Crippen molar-refractivity contribution in [2.75, 3.05) is 5.32 Å². The first-order valence-electron chi connectivity index (χ1n) is 8.41. The third-order valence-electron chi connectivity index (χ3n) is 3.97. The number of benzene rings is 3. The summed E-state index contributed by atoms with van der Waals surface area (Å²) in [5, 5.41) is 3.47. The van der Waals surface area contributed by atoms with Crippen LogP contribution < -0.4 is 10.1 Å². The van der Waals surface area contributed by atoms with Crippen LogP contribution in [0.4, 0.5) is 5.69 Å². The summed E-state index contributed by atoms with van der Waals surface area (Å²) in [5.74, 6) is 0.118. The summed E-state index contributed by atoms with van der Waals surface area (Å²) in [6, 6.07) is 21.2. The van der Waals surface area contributed by atoms with E-state index in [1.807, 2.05) is 18.2 Å². The van der Waals surface area contributed by atoms with Gasteiger partial charge in [-0.05, 0) is 48.9 Å². The molecule has 136 valence electrons. The summed E-state index contributed by atoms with van der Waals surface area (Å²) in [6.45, 7) is 1.81. The predicted molar refractivity (Wildman–Crippen MR) is 107 cm³/mol. The van der Waals surface area contributed by atoms with Crippen LogP contribution in [0.1, 0.15) is 33.2 Å². The van der Waals surface area contributed by atoms with Crippen LogP contribution >= 0.6 is 11.6 Å². The van der Waals surface area contributed by atoms with E-state index >= 15 is 0 Å². The Balaban J connectivity index is 1.74. The lowest BCUT2D eigenvalue weighted by Crippen LogP contribution is -2.14. The van der Waals surface area contributed by atoms with E-state index in [0.29, 0.717) is 34.2 Å². The fourth-order valence-electron chi connectivity index (χ4n) is 2.54. The first kappa shape index (κ1) is 18.7. The largest absolute Gasteiger partial charge is 0.488 e. The van der Waals surface area contributed by atoms with E-state index in [-0.39, 0.29) is 11.7 Å². The highest BCUT2D eigenvalue weighted by Gasteiger charge is 2.13. The Labute approximate surface area is 162 Å². The van der Waals surface area contributed by atoms with E-state index in [2.05, 4.69) is 5.32 Å². The number of carbonyl (C=O) groups excluding carboxylic acids is 2. The monoisotopic (exact) mass is 379 g/mol. The molecule has 0 unspecified atom stereocenters. The molecule has 0 aliphatic rings. The van der Waals surface area contributed by atoms with E-state index in [1.54, 1.807) is 54.6 Å². The number of hydrogen-bond donors (Lipinski definition) is 1. The van der Waals surface area contributed by atoms with Gasteiger partial charge in [-0.3, -0.25) is 9.59 Å². The average Bonchev–Trinajstić information content (AvgIpc) is 2.68. The molecule has 1 N–H and O–H groups in total. The summed E-state index contributed by atoms with van der Waals surface area (Å²) < 4.78 is 5.83. The van der Waals surface area contributed by atoms with Crippen LogP contribution in [0, 0.1) is 0 Å². The second-order valence-corrected chi connectivity index (χ2v) is 6.44. The van der Waals surface area contributed by atoms with Crippen molar-refractivity contribution in [1.29, 1.82) is 0 Å². The molecule has 27 heavy (non-hydrogen) atoms. The van der Waals surface area contributed by atoms with Crippen LogP contribution in [-0.4, -0.2) is 11.7 Å². The molecule has 1 amide bonds. The van der Waals surface area contributed by atoms with Gasteiger partial charge in [0.1, 0.15) is 12.4 Å². The molecule has 0 saturated carbocycles. The van der Waals surface area contributed by atoms with Crippen molar-refractivity contribution in [2.45, 2.75) is 13.5 Å². The molecule has 0 saturated heterocycles. The molecule has 0 atom stereocenters. The van der Waals surface area contributed by atoms with Gasteiger partial charge in [0.05, 0.1) is 5.56 Å². The number of halogens is 1. The van der Waals surface area contributed by atoms with Crippen molar-refractivity contribution in [3.05, 3.63) is 94.5 Å². The Hall–Kier alpha value is -3.11. The Morgan fingerprint density at radius 1 is 0.963 bits per heavy atom. The van der Waals surface area contributed by atoms with Gasteiger partial charge >= 0.3 is 0 Å². The zero-order valence-electron chi connectivity index (χ0n) is 14.7. The van der Waals surface area contributed by atoms with Gasteiger partial charge in [-0.2, -0.15) is 0 Å². The lowest BCUT2D eigenvalue weighted by atomic mass is 10.1. The molecule has 3 rings (SSSR count). The van der Waals surface area contributed by atoms with Crippen LogP contribution in [-0.2, 0) is 6.61 Å². The lowest BCUT2D eigenvalue weighted by molar-refractivity contribution is 0.100. The number of ether oxygens (including phenoxy) is 1. The van der Waals surface area contributed by atoms with E-state index < -0.39 is 0 Å². The minimum atomic E-state index is -0.303. The van der Waals surface area contributed by atoms with Gasteiger partial charge in [0.15, 0.2) is 5.78 Å². The van der Waals surface area contributed by atoms with E-state index in [9.17, 15) is 9.59 Å². The Morgan fingerprint density at radius 2 is 1.70 bits per heavy atom. The zero-order valence-corrected chi connectivity index (χ0v) is 15.5. The molecule has 5 heteroatoms. The van der Waals surface area contributed by atoms with Gasteiger partial charge in [0.2, 0.25) is 0 Å². The molecule has 0 radical (unpaired) electrons. The minimum Gasteiger partial charge on any atom is -0.488 e. The smallest absolute Gasteiger partial charge is 0.259 e. The van der Waals surface area contributed by atoms with Crippen LogP contribution in [0.15, 0.2) is 72.8 Å². The number of carbonyl (C=O) groups is 2. The van der Waals surface area contributed by atoms with E-state index in [4.69, 9.17) is 16.3 Å². The summed E-state index contributed by atoms with van der Waals surface area (Å²) in [6.07, 6.45) is 0. The lowest BCUT2D eigenvalue weighted by Gasteiger charge is -2.12. The van der Waals surface area contributed by atoms with Gasteiger partial charge in [-0.15, -0.1) is 0 Å². The number of Topliss-reactive ketones (excluding diaryl/α,β-unsaturated/α-hetero) is 1. The highest BCUT2D eigenvalue weighted by atomic mass is 35.5. The van der Waals surface area contributed by atoms with Crippen molar-refractivity contribution >= 4 is 29.0 Å². The molecule has 0 fully saturated rings. The number of para-hydroxylation sites is 1. The zero-order chi connectivity index (χ0) is 19.2. The number of rotatable bonds is 6. The van der Waals surface area contributed by atoms with Gasteiger partial charge in [0, 0.05) is 16.3 Å². The molecule has 3 aromatic carbocycles. The number of hydrogen-bond acceptors (Lipinski definition) is 3. The molecular weight excluding hydrogens is 362 g/mol. The second kappa shape index (κ2) is 8.52. The van der Waals surface area contributed by atoms with Crippen LogP contribution in [0.5, 0.6) is 5.75 Å². The third kappa shape index (κ3) is 4.96. The predicted octanol–water partition coefficient (Wildman–Crippen LogP) is 5.37. The molecule has 0 aromatic heterocycles. The highest BCUT2D eigenvalue weighted by molar-refractivity contribution is 6.30. The fourth-order valence-corrected chi connectivity index (χ4v) is 2.66. The van der Waals surface area contributed by atoms with Crippen molar-refractivity contribution in [1.82, 2.24) is 0 Å². The summed E-state index contributed by atoms with van der Waals surface area (Å²) >= 11 is 5.89. The van der Waals surface area contributed by atoms with Crippen molar-refractivity contribution < 1.29 is 14.3 Å². The van der Waals surface area contributed by atoms with Crippen LogP contribution in [0.25, 0.3) is 0 Å². The van der Waals surface area contributed by atoms with Gasteiger partial charge in [0.25, 0.3) is 5.91 Å². The molecular formula is C22H18ClNO3. The summed E-state index contributed by atoms with van der Waals surface area (Å²) in [4.78, 5) is 24.2. The number of anilines is 1. The highest BCUT2D eigenvalue weighted by Crippen LogP contribution is 2.22. The maximum atomic E-state index is 12.7. The average molecular weight is 380 g/mol. The van der Waals surface area contributed by atoms with E-state index in [1.165, 1.54) is 6.92 Å². The molecule has 0 aliphatic carbocycles. The summed E-state index contributed by atoms with van der Waals surface area (Å²) in [7, 11) is 0. The second-order valence-electron chi connectivity index (χ2n) is 6.00. The number of amides is 1. The van der Waals surface area contributed by atoms with E-state index in [0.717, 1.165) is 5.56 Å². The van der Waals surface area contributed by atoms with Crippen molar-refractivity contribution in [3.8, 4) is 5.75 Å².